The van der Waals surface area contributed by atoms with Crippen molar-refractivity contribution in [1.29, 1.82) is 0 Å². The summed E-state index contributed by atoms with van der Waals surface area (Å²) in [6.07, 6.45) is -3.17. The van der Waals surface area contributed by atoms with Gasteiger partial charge < -0.3 is 4.42 Å². The van der Waals surface area contributed by atoms with E-state index in [2.05, 4.69) is 4.98 Å². The van der Waals surface area contributed by atoms with Crippen LogP contribution in [0, 0.1) is 0 Å². The molecule has 0 radical (unpaired) electrons. The first-order chi connectivity index (χ1) is 9.84. The first-order valence-corrected chi connectivity index (χ1v) is 6.11. The summed E-state index contributed by atoms with van der Waals surface area (Å²) in [4.78, 5) is 4.01. The second-order valence-electron chi connectivity index (χ2n) is 4.28. The second kappa shape index (κ2) is 4.63. The molecule has 0 spiro atoms. The van der Waals surface area contributed by atoms with Crippen molar-refractivity contribution in [3.8, 4) is 11.5 Å². The number of nitrogens with zero attached hydrogens (tertiary/aromatic N) is 2. The minimum atomic E-state index is -4.44. The summed E-state index contributed by atoms with van der Waals surface area (Å²) >= 11 is 5.74. The Morgan fingerprint density at radius 3 is 2.62 bits per heavy atom. The number of rotatable bonds is 1. The van der Waals surface area contributed by atoms with E-state index in [1.165, 1.54) is 24.4 Å². The Balaban J connectivity index is 2.10. The van der Waals surface area contributed by atoms with E-state index in [4.69, 9.17) is 16.0 Å². The molecule has 1 aromatic carbocycles. The zero-order chi connectivity index (χ0) is 15.2. The SMILES string of the molecule is O[n+]1ccc(-c2nc3cc(C(F)(F)F)ccc3o2)cc1Cl. The van der Waals surface area contributed by atoms with Gasteiger partial charge in [-0.15, -0.1) is 0 Å². The number of hydrogen-bond donors (Lipinski definition) is 1. The van der Waals surface area contributed by atoms with E-state index in [1.807, 2.05) is 0 Å². The Bertz CT molecular complexity index is 830. The summed E-state index contributed by atoms with van der Waals surface area (Å²) in [5.74, 6) is 0.117. The van der Waals surface area contributed by atoms with Crippen molar-refractivity contribution in [2.24, 2.45) is 0 Å². The molecule has 0 unspecified atom stereocenters. The molecule has 108 valence electrons. The van der Waals surface area contributed by atoms with E-state index >= 15 is 0 Å². The fraction of sp³-hybridized carbons (Fsp3) is 0.0769. The lowest BCUT2D eigenvalue weighted by Gasteiger charge is -2.04. The van der Waals surface area contributed by atoms with Crippen molar-refractivity contribution < 1.29 is 27.5 Å². The molecule has 0 aliphatic carbocycles. The minimum Gasteiger partial charge on any atom is -0.436 e. The number of alkyl halides is 3. The van der Waals surface area contributed by atoms with Gasteiger partial charge in [-0.25, -0.2) is 4.98 Å². The second-order valence-corrected chi connectivity index (χ2v) is 4.67. The van der Waals surface area contributed by atoms with Crippen LogP contribution in [0.4, 0.5) is 13.2 Å². The number of benzene rings is 1. The molecule has 21 heavy (non-hydrogen) atoms. The third-order valence-electron chi connectivity index (χ3n) is 2.85. The predicted octanol–water partition coefficient (Wildman–Crippen LogP) is 3.69. The number of pyridine rings is 1. The Hall–Kier alpha value is -2.28. The van der Waals surface area contributed by atoms with Gasteiger partial charge in [0.05, 0.1) is 11.1 Å². The van der Waals surface area contributed by atoms with E-state index in [-0.39, 0.29) is 22.1 Å². The van der Waals surface area contributed by atoms with E-state index in [1.54, 1.807) is 0 Å². The van der Waals surface area contributed by atoms with E-state index in [9.17, 15) is 18.4 Å². The molecule has 3 aromatic rings. The average molecular weight is 316 g/mol. The Morgan fingerprint density at radius 1 is 1.19 bits per heavy atom. The maximum absolute atomic E-state index is 12.6. The molecule has 0 saturated heterocycles. The molecule has 2 aromatic heterocycles. The first-order valence-electron chi connectivity index (χ1n) is 5.73. The molecule has 0 aliphatic rings. The van der Waals surface area contributed by atoms with Gasteiger partial charge in [-0.05, 0) is 29.8 Å². The molecule has 8 heteroatoms. The highest BCUT2D eigenvalue weighted by Crippen LogP contribution is 2.32. The molecule has 2 heterocycles. The fourth-order valence-electron chi connectivity index (χ4n) is 1.82. The minimum absolute atomic E-state index is 0.0192. The van der Waals surface area contributed by atoms with Crippen molar-refractivity contribution in [3.63, 3.8) is 0 Å². The molecule has 0 fully saturated rings. The molecule has 0 atom stereocenters. The lowest BCUT2D eigenvalue weighted by molar-refractivity contribution is -0.903. The largest absolute Gasteiger partial charge is 0.436 e. The normalized spacial score (nSPS) is 12.0. The van der Waals surface area contributed by atoms with Crippen molar-refractivity contribution in [3.05, 3.63) is 47.2 Å². The third-order valence-corrected chi connectivity index (χ3v) is 3.13. The number of aromatic nitrogens is 2. The Kier molecular flexibility index (Phi) is 3.02. The molecule has 1 N–H and O–H groups in total. The van der Waals surface area contributed by atoms with Gasteiger partial charge in [-0.2, -0.15) is 13.2 Å². The van der Waals surface area contributed by atoms with Gasteiger partial charge in [0.2, 0.25) is 12.1 Å². The van der Waals surface area contributed by atoms with Gasteiger partial charge in [0.25, 0.3) is 0 Å². The summed E-state index contributed by atoms with van der Waals surface area (Å²) in [7, 11) is 0. The van der Waals surface area contributed by atoms with Gasteiger partial charge in [0, 0.05) is 16.9 Å². The summed E-state index contributed by atoms with van der Waals surface area (Å²) in [6, 6.07) is 5.92. The van der Waals surface area contributed by atoms with Crippen LogP contribution in [0.1, 0.15) is 5.56 Å². The molecule has 3 rings (SSSR count). The van der Waals surface area contributed by atoms with E-state index in [0.717, 1.165) is 12.1 Å². The van der Waals surface area contributed by atoms with Crippen LogP contribution >= 0.6 is 11.6 Å². The maximum Gasteiger partial charge on any atom is 0.416 e. The van der Waals surface area contributed by atoms with Crippen molar-refractivity contribution in [2.75, 3.05) is 0 Å². The lowest BCUT2D eigenvalue weighted by Crippen LogP contribution is -2.30. The fourth-order valence-corrected chi connectivity index (χ4v) is 2.00. The zero-order valence-electron chi connectivity index (χ0n) is 10.2. The number of fused-ring (bicyclic) bond motifs is 1. The molecule has 0 aliphatic heterocycles. The highest BCUT2D eigenvalue weighted by molar-refractivity contribution is 6.28. The third kappa shape index (κ3) is 2.52. The Labute approximate surface area is 121 Å². The van der Waals surface area contributed by atoms with Gasteiger partial charge in [0.1, 0.15) is 5.52 Å². The van der Waals surface area contributed by atoms with Gasteiger partial charge in [0.15, 0.2) is 5.58 Å². The van der Waals surface area contributed by atoms with Crippen molar-refractivity contribution in [1.82, 2.24) is 4.98 Å². The summed E-state index contributed by atoms with van der Waals surface area (Å²) in [5, 5.41) is 9.28. The van der Waals surface area contributed by atoms with Crippen LogP contribution in [0.15, 0.2) is 40.9 Å². The summed E-state index contributed by atoms with van der Waals surface area (Å²) < 4.78 is 44.0. The first kappa shape index (κ1) is 13.7. The topological polar surface area (TPSA) is 50.1 Å². The van der Waals surface area contributed by atoms with Crippen LogP contribution < -0.4 is 4.73 Å². The predicted molar refractivity (Wildman–Crippen MR) is 66.8 cm³/mol. The van der Waals surface area contributed by atoms with Gasteiger partial charge in [-0.1, -0.05) is 0 Å². The molecular weight excluding hydrogens is 309 g/mol. The lowest BCUT2D eigenvalue weighted by atomic mass is 10.2. The molecular formula is C13H7ClF3N2O2+. The van der Waals surface area contributed by atoms with Gasteiger partial charge >= 0.3 is 11.3 Å². The number of halogens is 4. The van der Waals surface area contributed by atoms with Crippen LogP contribution in [0.5, 0.6) is 0 Å². The Morgan fingerprint density at radius 2 is 1.95 bits per heavy atom. The van der Waals surface area contributed by atoms with Crippen LogP contribution in [-0.2, 0) is 6.18 Å². The smallest absolute Gasteiger partial charge is 0.416 e. The number of oxazole rings is 1. The molecule has 0 bridgehead atoms. The van der Waals surface area contributed by atoms with Crippen molar-refractivity contribution >= 4 is 22.7 Å². The highest BCUT2D eigenvalue weighted by atomic mass is 35.5. The quantitative estimate of drug-likeness (QED) is 0.423. The van der Waals surface area contributed by atoms with E-state index in [0.29, 0.717) is 10.3 Å². The molecule has 0 saturated carbocycles. The maximum atomic E-state index is 12.6. The molecule has 0 amide bonds. The summed E-state index contributed by atoms with van der Waals surface area (Å²) in [5.41, 5.74) is -0.0317. The summed E-state index contributed by atoms with van der Waals surface area (Å²) in [6.45, 7) is 0. The van der Waals surface area contributed by atoms with Gasteiger partial charge in [-0.3, -0.25) is 5.21 Å². The monoisotopic (exact) mass is 315 g/mol. The molecule has 4 nitrogen and oxygen atoms in total. The zero-order valence-corrected chi connectivity index (χ0v) is 11.0. The standard InChI is InChI=1S/C13H7ClF3N2O2/c14-11-5-7(3-4-19(11)20)12-18-9-6-8(13(15,16)17)1-2-10(9)21-12/h1-6,20H/q+1. The van der Waals surface area contributed by atoms with Crippen molar-refractivity contribution in [2.45, 2.75) is 6.18 Å². The highest BCUT2D eigenvalue weighted by Gasteiger charge is 2.31. The van der Waals surface area contributed by atoms with Crippen LogP contribution in [0.3, 0.4) is 0 Å². The van der Waals surface area contributed by atoms with Crippen LogP contribution in [-0.4, -0.2) is 10.2 Å². The van der Waals surface area contributed by atoms with E-state index < -0.39 is 11.7 Å². The van der Waals surface area contributed by atoms with Crippen LogP contribution in [0.25, 0.3) is 22.6 Å². The van der Waals surface area contributed by atoms with Crippen LogP contribution in [0.2, 0.25) is 5.15 Å². The number of hydrogen-bond acceptors (Lipinski definition) is 3. The average Bonchev–Trinajstić information content (AvgIpc) is 2.83.